The molecule has 0 aliphatic rings. The van der Waals surface area contributed by atoms with Crippen molar-refractivity contribution in [3.05, 3.63) is 53.9 Å². The third kappa shape index (κ3) is 3.15. The van der Waals surface area contributed by atoms with Crippen molar-refractivity contribution in [2.45, 2.75) is 26.2 Å². The first-order chi connectivity index (χ1) is 9.38. The Morgan fingerprint density at radius 2 is 1.80 bits per heavy atom. The van der Waals surface area contributed by atoms with E-state index in [2.05, 4.69) is 25.8 Å². The van der Waals surface area contributed by atoms with Crippen LogP contribution >= 0.6 is 0 Å². The van der Waals surface area contributed by atoms with Gasteiger partial charge in [-0.05, 0) is 29.2 Å². The van der Waals surface area contributed by atoms with E-state index in [-0.39, 0.29) is 16.7 Å². The maximum Gasteiger partial charge on any atom is 0.339 e. The molecule has 2 aromatic rings. The fourth-order valence-electron chi connectivity index (χ4n) is 1.79. The number of carbonyl (C=O) groups is 1. The van der Waals surface area contributed by atoms with Gasteiger partial charge < -0.3 is 9.84 Å². The van der Waals surface area contributed by atoms with Gasteiger partial charge in [-0.1, -0.05) is 32.9 Å². The minimum absolute atomic E-state index is 0.0685. The third-order valence-electron chi connectivity index (χ3n) is 2.96. The lowest BCUT2D eigenvalue weighted by atomic mass is 9.87. The van der Waals surface area contributed by atoms with Gasteiger partial charge in [0.15, 0.2) is 5.75 Å². The Bertz CT molecular complexity index is 612. The van der Waals surface area contributed by atoms with Crippen molar-refractivity contribution in [1.82, 2.24) is 4.98 Å². The standard InChI is InChI=1S/C16H17NO3/c1-16(2,3)11-4-6-12(7-5-11)20-14-10-17-9-8-13(14)15(18)19/h4-10H,1-3H3,(H,18,19). The minimum Gasteiger partial charge on any atom is -0.478 e. The Balaban J connectivity index is 2.25. The molecule has 0 fully saturated rings. The van der Waals surface area contributed by atoms with Crippen LogP contribution in [-0.2, 0) is 5.41 Å². The second-order valence-corrected chi connectivity index (χ2v) is 5.55. The first-order valence-electron chi connectivity index (χ1n) is 6.33. The molecule has 0 bridgehead atoms. The summed E-state index contributed by atoms with van der Waals surface area (Å²) >= 11 is 0. The van der Waals surface area contributed by atoms with E-state index < -0.39 is 5.97 Å². The summed E-state index contributed by atoms with van der Waals surface area (Å²) in [6, 6.07) is 9.04. The first kappa shape index (κ1) is 14.1. The van der Waals surface area contributed by atoms with Crippen molar-refractivity contribution in [3.8, 4) is 11.5 Å². The van der Waals surface area contributed by atoms with Crippen molar-refractivity contribution in [2.75, 3.05) is 0 Å². The third-order valence-corrected chi connectivity index (χ3v) is 2.96. The van der Waals surface area contributed by atoms with Gasteiger partial charge in [0.2, 0.25) is 0 Å². The average molecular weight is 271 g/mol. The van der Waals surface area contributed by atoms with Crippen LogP contribution < -0.4 is 4.74 Å². The first-order valence-corrected chi connectivity index (χ1v) is 6.33. The lowest BCUT2D eigenvalue weighted by Crippen LogP contribution is -2.10. The van der Waals surface area contributed by atoms with Crippen molar-refractivity contribution in [3.63, 3.8) is 0 Å². The molecule has 0 unspecified atom stereocenters. The number of nitrogens with zero attached hydrogens (tertiary/aromatic N) is 1. The van der Waals surface area contributed by atoms with E-state index in [0.717, 1.165) is 0 Å². The van der Waals surface area contributed by atoms with Gasteiger partial charge in [-0.3, -0.25) is 4.98 Å². The Hall–Kier alpha value is -2.36. The number of pyridine rings is 1. The van der Waals surface area contributed by atoms with E-state index in [1.807, 2.05) is 24.3 Å². The Morgan fingerprint density at radius 3 is 2.35 bits per heavy atom. The van der Waals surface area contributed by atoms with Crippen molar-refractivity contribution in [1.29, 1.82) is 0 Å². The minimum atomic E-state index is -1.03. The number of aromatic nitrogens is 1. The van der Waals surface area contributed by atoms with E-state index >= 15 is 0 Å². The topological polar surface area (TPSA) is 59.4 Å². The van der Waals surface area contributed by atoms with Gasteiger partial charge in [0.05, 0.1) is 6.20 Å². The zero-order valence-corrected chi connectivity index (χ0v) is 11.8. The zero-order valence-electron chi connectivity index (χ0n) is 11.8. The highest BCUT2D eigenvalue weighted by molar-refractivity contribution is 5.90. The molecular formula is C16H17NO3. The number of carboxylic acid groups (broad SMARTS) is 1. The molecule has 1 aromatic carbocycles. The van der Waals surface area contributed by atoms with Crippen LogP contribution in [-0.4, -0.2) is 16.1 Å². The lowest BCUT2D eigenvalue weighted by molar-refractivity contribution is 0.0694. The van der Waals surface area contributed by atoms with Gasteiger partial charge in [0.1, 0.15) is 11.3 Å². The van der Waals surface area contributed by atoms with Crippen molar-refractivity contribution < 1.29 is 14.6 Å². The van der Waals surface area contributed by atoms with E-state index in [1.165, 1.54) is 24.0 Å². The molecule has 0 radical (unpaired) electrons. The largest absolute Gasteiger partial charge is 0.478 e. The predicted molar refractivity (Wildman–Crippen MR) is 76.4 cm³/mol. The number of carboxylic acids is 1. The number of hydrogen-bond acceptors (Lipinski definition) is 3. The monoisotopic (exact) mass is 271 g/mol. The second-order valence-electron chi connectivity index (χ2n) is 5.55. The average Bonchev–Trinajstić information content (AvgIpc) is 2.38. The molecule has 1 heterocycles. The second kappa shape index (κ2) is 5.33. The summed E-state index contributed by atoms with van der Waals surface area (Å²) in [5, 5.41) is 9.09. The fraction of sp³-hybridized carbons (Fsp3) is 0.250. The van der Waals surface area contributed by atoms with Gasteiger partial charge >= 0.3 is 5.97 Å². The highest BCUT2D eigenvalue weighted by Crippen LogP contribution is 2.28. The summed E-state index contributed by atoms with van der Waals surface area (Å²) in [6.07, 6.45) is 2.83. The molecule has 20 heavy (non-hydrogen) atoms. The van der Waals surface area contributed by atoms with Gasteiger partial charge in [-0.2, -0.15) is 0 Å². The number of ether oxygens (including phenoxy) is 1. The molecule has 2 rings (SSSR count). The van der Waals surface area contributed by atoms with E-state index in [9.17, 15) is 4.79 Å². The summed E-state index contributed by atoms with van der Waals surface area (Å²) in [4.78, 5) is 15.0. The molecule has 4 heteroatoms. The highest BCUT2D eigenvalue weighted by Gasteiger charge is 2.14. The highest BCUT2D eigenvalue weighted by atomic mass is 16.5. The fourth-order valence-corrected chi connectivity index (χ4v) is 1.79. The number of benzene rings is 1. The smallest absolute Gasteiger partial charge is 0.339 e. The van der Waals surface area contributed by atoms with Crippen LogP contribution in [0.4, 0.5) is 0 Å². The van der Waals surface area contributed by atoms with Crippen molar-refractivity contribution >= 4 is 5.97 Å². The quantitative estimate of drug-likeness (QED) is 0.920. The summed E-state index contributed by atoms with van der Waals surface area (Å²) in [7, 11) is 0. The molecule has 1 N–H and O–H groups in total. The van der Waals surface area contributed by atoms with E-state index in [1.54, 1.807) is 0 Å². The molecule has 0 amide bonds. The number of aromatic carboxylic acids is 1. The molecule has 0 aliphatic carbocycles. The van der Waals surface area contributed by atoms with Gasteiger partial charge in [-0.25, -0.2) is 4.79 Å². The lowest BCUT2D eigenvalue weighted by Gasteiger charge is -2.19. The molecule has 0 spiro atoms. The molecule has 104 valence electrons. The molecule has 0 saturated heterocycles. The Labute approximate surface area is 118 Å². The normalized spacial score (nSPS) is 11.2. The molecular weight excluding hydrogens is 254 g/mol. The molecule has 0 saturated carbocycles. The maximum absolute atomic E-state index is 11.1. The van der Waals surface area contributed by atoms with Gasteiger partial charge in [0, 0.05) is 6.20 Å². The van der Waals surface area contributed by atoms with Crippen LogP contribution in [0.5, 0.6) is 11.5 Å². The van der Waals surface area contributed by atoms with Crippen LogP contribution in [0.25, 0.3) is 0 Å². The summed E-state index contributed by atoms with van der Waals surface area (Å²) < 4.78 is 5.60. The summed E-state index contributed by atoms with van der Waals surface area (Å²) in [5.41, 5.74) is 1.35. The number of rotatable bonds is 3. The zero-order chi connectivity index (χ0) is 14.8. The van der Waals surface area contributed by atoms with Crippen LogP contribution in [0, 0.1) is 0 Å². The van der Waals surface area contributed by atoms with Gasteiger partial charge in [0.25, 0.3) is 0 Å². The molecule has 1 aromatic heterocycles. The van der Waals surface area contributed by atoms with Crippen molar-refractivity contribution in [2.24, 2.45) is 0 Å². The van der Waals surface area contributed by atoms with Gasteiger partial charge in [-0.15, -0.1) is 0 Å². The Morgan fingerprint density at radius 1 is 1.15 bits per heavy atom. The van der Waals surface area contributed by atoms with Crippen LogP contribution in [0.1, 0.15) is 36.7 Å². The van der Waals surface area contributed by atoms with E-state index in [4.69, 9.17) is 9.84 Å². The molecule has 0 aliphatic heterocycles. The number of hydrogen-bond donors (Lipinski definition) is 1. The van der Waals surface area contributed by atoms with Crippen LogP contribution in [0.2, 0.25) is 0 Å². The Kier molecular flexibility index (Phi) is 3.74. The predicted octanol–water partition coefficient (Wildman–Crippen LogP) is 3.87. The summed E-state index contributed by atoms with van der Waals surface area (Å²) in [6.45, 7) is 6.39. The SMILES string of the molecule is CC(C)(C)c1ccc(Oc2cnccc2C(=O)O)cc1. The van der Waals surface area contributed by atoms with E-state index in [0.29, 0.717) is 5.75 Å². The summed E-state index contributed by atoms with van der Waals surface area (Å²) in [5.74, 6) is -0.203. The maximum atomic E-state index is 11.1. The molecule has 4 nitrogen and oxygen atoms in total. The van der Waals surface area contributed by atoms with Crippen LogP contribution in [0.15, 0.2) is 42.7 Å². The molecule has 0 atom stereocenters. The van der Waals surface area contributed by atoms with Crippen LogP contribution in [0.3, 0.4) is 0 Å².